The van der Waals surface area contributed by atoms with Gasteiger partial charge in [0.05, 0.1) is 17.0 Å². The molecule has 1 atom stereocenters. The highest BCUT2D eigenvalue weighted by Gasteiger charge is 2.18. The molecule has 0 spiro atoms. The van der Waals surface area contributed by atoms with Gasteiger partial charge in [-0.25, -0.2) is 0 Å². The number of benzene rings is 1. The van der Waals surface area contributed by atoms with Gasteiger partial charge in [-0.15, -0.1) is 0 Å². The van der Waals surface area contributed by atoms with Crippen LogP contribution in [0.3, 0.4) is 0 Å². The molecule has 5 nitrogen and oxygen atoms in total. The van der Waals surface area contributed by atoms with Gasteiger partial charge in [-0.1, -0.05) is 24.6 Å². The van der Waals surface area contributed by atoms with Crippen LogP contribution < -0.4 is 0 Å². The van der Waals surface area contributed by atoms with Gasteiger partial charge in [0.15, 0.2) is 0 Å². The Balaban J connectivity index is 1.50. The van der Waals surface area contributed by atoms with E-state index < -0.39 is 0 Å². The molecule has 1 aliphatic rings. The molecular weight excluding hydrogens is 346 g/mol. The summed E-state index contributed by atoms with van der Waals surface area (Å²) in [6, 6.07) is 16.6. The molecule has 1 saturated heterocycles. The molecule has 1 aliphatic heterocycles. The Hall–Kier alpha value is -2.97. The Morgan fingerprint density at radius 2 is 2.04 bits per heavy atom. The average Bonchev–Trinajstić information content (AvgIpc) is 3.22. The van der Waals surface area contributed by atoms with E-state index in [-0.39, 0.29) is 0 Å². The first kappa shape index (κ1) is 18.4. The molecule has 4 rings (SSSR count). The van der Waals surface area contributed by atoms with Crippen molar-refractivity contribution in [2.45, 2.75) is 38.3 Å². The van der Waals surface area contributed by atoms with Crippen molar-refractivity contribution in [3.05, 3.63) is 60.4 Å². The molecule has 1 fully saturated rings. The summed E-state index contributed by atoms with van der Waals surface area (Å²) in [5.74, 6) is 0. The number of rotatable bonds is 5. The first-order valence-corrected chi connectivity index (χ1v) is 9.94. The summed E-state index contributed by atoms with van der Waals surface area (Å²) in [6.07, 6.45) is 8.87. The summed E-state index contributed by atoms with van der Waals surface area (Å²) in [5, 5.41) is 14.1. The zero-order valence-corrected chi connectivity index (χ0v) is 16.3. The van der Waals surface area contributed by atoms with Crippen LogP contribution in [0.5, 0.6) is 0 Å². The summed E-state index contributed by atoms with van der Waals surface area (Å²) < 4.78 is 2.05. The minimum atomic E-state index is 0.585. The molecule has 3 heterocycles. The normalized spacial score (nSPS) is 17.4. The number of piperidine rings is 1. The molecule has 0 bridgehead atoms. The maximum Gasteiger partial charge on any atom is 0.101 e. The molecule has 0 saturated carbocycles. The van der Waals surface area contributed by atoms with E-state index >= 15 is 0 Å². The second kappa shape index (κ2) is 8.37. The van der Waals surface area contributed by atoms with E-state index in [1.165, 1.54) is 25.8 Å². The molecule has 2 aromatic heterocycles. The first-order chi connectivity index (χ1) is 13.7. The maximum absolute atomic E-state index is 9.35. The van der Waals surface area contributed by atoms with Crippen LogP contribution in [0.15, 0.2) is 54.9 Å². The number of hydrogen-bond acceptors (Lipinski definition) is 4. The van der Waals surface area contributed by atoms with Gasteiger partial charge in [-0.2, -0.15) is 10.4 Å². The molecule has 0 radical (unpaired) electrons. The van der Waals surface area contributed by atoms with Crippen molar-refractivity contribution in [2.24, 2.45) is 0 Å². The molecule has 28 heavy (non-hydrogen) atoms. The van der Waals surface area contributed by atoms with Gasteiger partial charge in [-0.05, 0) is 57.1 Å². The zero-order valence-electron chi connectivity index (χ0n) is 16.3. The Morgan fingerprint density at radius 1 is 1.14 bits per heavy atom. The summed E-state index contributed by atoms with van der Waals surface area (Å²) in [4.78, 5) is 6.88. The first-order valence-electron chi connectivity index (χ1n) is 9.94. The predicted octanol–water partition coefficient (Wildman–Crippen LogP) is 4.36. The molecule has 0 unspecified atom stereocenters. The third-order valence-corrected chi connectivity index (χ3v) is 5.61. The van der Waals surface area contributed by atoms with E-state index in [4.69, 9.17) is 5.10 Å². The fraction of sp³-hybridized carbons (Fsp3) is 0.348. The van der Waals surface area contributed by atoms with Crippen LogP contribution in [0.25, 0.3) is 22.5 Å². The fourth-order valence-electron chi connectivity index (χ4n) is 3.98. The lowest BCUT2D eigenvalue weighted by Crippen LogP contribution is -2.36. The van der Waals surface area contributed by atoms with Crippen molar-refractivity contribution < 1.29 is 0 Å². The summed E-state index contributed by atoms with van der Waals surface area (Å²) in [7, 11) is 2.23. The molecule has 1 aromatic carbocycles. The second-order valence-corrected chi connectivity index (χ2v) is 7.48. The quantitative estimate of drug-likeness (QED) is 0.669. The third-order valence-electron chi connectivity index (χ3n) is 5.61. The van der Waals surface area contributed by atoms with Crippen LogP contribution in [0.4, 0.5) is 0 Å². The monoisotopic (exact) mass is 371 g/mol. The maximum atomic E-state index is 9.35. The Bertz CT molecular complexity index is 984. The SMILES string of the molecule is CN1CCCC[C@@H]1CCn1ccc(-c2cccc(-c3ncccc3C#N)c2)n1. The van der Waals surface area contributed by atoms with Crippen molar-refractivity contribution in [3.8, 4) is 28.6 Å². The van der Waals surface area contributed by atoms with Crippen molar-refractivity contribution in [3.63, 3.8) is 0 Å². The summed E-state index contributed by atoms with van der Waals surface area (Å²) >= 11 is 0. The van der Waals surface area contributed by atoms with Crippen LogP contribution in [-0.2, 0) is 6.54 Å². The molecule has 0 amide bonds. The van der Waals surface area contributed by atoms with Gasteiger partial charge in [-0.3, -0.25) is 9.67 Å². The largest absolute Gasteiger partial charge is 0.303 e. The fourth-order valence-corrected chi connectivity index (χ4v) is 3.98. The predicted molar refractivity (Wildman–Crippen MR) is 110 cm³/mol. The Morgan fingerprint density at radius 3 is 2.89 bits per heavy atom. The minimum absolute atomic E-state index is 0.585. The van der Waals surface area contributed by atoms with Crippen LogP contribution in [0.2, 0.25) is 0 Å². The van der Waals surface area contributed by atoms with Gasteiger partial charge >= 0.3 is 0 Å². The van der Waals surface area contributed by atoms with Crippen molar-refractivity contribution in [1.82, 2.24) is 19.7 Å². The Labute approximate surface area is 166 Å². The van der Waals surface area contributed by atoms with E-state index in [9.17, 15) is 5.26 Å². The van der Waals surface area contributed by atoms with Crippen molar-refractivity contribution >= 4 is 0 Å². The van der Waals surface area contributed by atoms with Gasteiger partial charge in [0, 0.05) is 36.1 Å². The molecule has 0 N–H and O–H groups in total. The second-order valence-electron chi connectivity index (χ2n) is 7.48. The lowest BCUT2D eigenvalue weighted by atomic mass is 10.0. The third kappa shape index (κ3) is 3.97. The number of likely N-dealkylation sites (tertiary alicyclic amines) is 1. The highest BCUT2D eigenvalue weighted by Crippen LogP contribution is 2.26. The van der Waals surface area contributed by atoms with E-state index in [1.54, 1.807) is 18.3 Å². The molecular formula is C23H25N5. The van der Waals surface area contributed by atoms with Gasteiger partial charge in [0.2, 0.25) is 0 Å². The summed E-state index contributed by atoms with van der Waals surface area (Å²) in [5.41, 5.74) is 4.23. The van der Waals surface area contributed by atoms with E-state index in [2.05, 4.69) is 47.4 Å². The van der Waals surface area contributed by atoms with Crippen LogP contribution in [0, 0.1) is 11.3 Å². The van der Waals surface area contributed by atoms with Crippen LogP contribution in [-0.4, -0.2) is 39.3 Å². The topological polar surface area (TPSA) is 57.7 Å². The number of aromatic nitrogens is 3. The minimum Gasteiger partial charge on any atom is -0.303 e. The number of nitrogens with zero attached hydrogens (tertiary/aromatic N) is 5. The van der Waals surface area contributed by atoms with Crippen molar-refractivity contribution in [2.75, 3.05) is 13.6 Å². The number of pyridine rings is 1. The van der Waals surface area contributed by atoms with Crippen LogP contribution in [0.1, 0.15) is 31.2 Å². The van der Waals surface area contributed by atoms with E-state index in [1.807, 2.05) is 16.8 Å². The zero-order chi connectivity index (χ0) is 19.3. The summed E-state index contributed by atoms with van der Waals surface area (Å²) in [6.45, 7) is 2.15. The average molecular weight is 371 g/mol. The lowest BCUT2D eigenvalue weighted by Gasteiger charge is -2.32. The standard InChI is InChI=1S/C23H25N5/c1-27-13-3-2-9-21(27)10-14-28-15-11-22(26-28)18-6-4-7-19(16-18)23-20(17-24)8-5-12-25-23/h4-8,11-12,15-16,21H,2-3,9-10,13-14H2,1H3/t21-/m1/s1. The number of nitriles is 1. The molecule has 3 aromatic rings. The molecule has 0 aliphatic carbocycles. The smallest absolute Gasteiger partial charge is 0.101 e. The Kier molecular flexibility index (Phi) is 5.50. The molecule has 142 valence electrons. The van der Waals surface area contributed by atoms with Gasteiger partial charge in [0.1, 0.15) is 6.07 Å². The molecule has 5 heteroatoms. The van der Waals surface area contributed by atoms with E-state index in [0.29, 0.717) is 17.3 Å². The highest BCUT2D eigenvalue weighted by molar-refractivity contribution is 5.72. The van der Waals surface area contributed by atoms with Crippen molar-refractivity contribution in [1.29, 1.82) is 5.26 Å². The number of aryl methyl sites for hydroxylation is 1. The number of hydrogen-bond donors (Lipinski definition) is 0. The van der Waals surface area contributed by atoms with E-state index in [0.717, 1.165) is 29.8 Å². The van der Waals surface area contributed by atoms with Gasteiger partial charge in [0.25, 0.3) is 0 Å². The van der Waals surface area contributed by atoms with Gasteiger partial charge < -0.3 is 4.90 Å². The lowest BCUT2D eigenvalue weighted by molar-refractivity contribution is 0.169. The highest BCUT2D eigenvalue weighted by atomic mass is 15.3. The van der Waals surface area contributed by atoms with Crippen LogP contribution >= 0.6 is 0 Å².